The molecule has 1 heteroatoms. The van der Waals surface area contributed by atoms with Gasteiger partial charge in [-0.15, -0.1) is 0 Å². The van der Waals surface area contributed by atoms with Crippen LogP contribution in [0.1, 0.15) is 31.9 Å². The number of benzene rings is 1. The number of thioether (sulfide) groups is 1. The van der Waals surface area contributed by atoms with Crippen LogP contribution in [0.15, 0.2) is 46.7 Å². The molecule has 0 radical (unpaired) electrons. The molecular weight excluding hydrogens is 236 g/mol. The first-order valence-corrected chi connectivity index (χ1v) is 6.96. The van der Waals surface area contributed by atoms with E-state index in [0.717, 1.165) is 10.5 Å². The molecule has 1 aromatic carbocycles. The zero-order valence-corrected chi connectivity index (χ0v) is 12.4. The maximum Gasteiger partial charge on any atom is 0.0550 e. The number of hydrogen-bond donors (Lipinski definition) is 0. The van der Waals surface area contributed by atoms with Crippen molar-refractivity contribution in [2.75, 3.05) is 0 Å². The highest BCUT2D eigenvalue weighted by atomic mass is 32.2. The van der Waals surface area contributed by atoms with E-state index >= 15 is 0 Å². The summed E-state index contributed by atoms with van der Waals surface area (Å²) in [6.45, 7) is 12.5. The van der Waals surface area contributed by atoms with E-state index in [1.807, 2.05) is 12.1 Å². The molecule has 0 heterocycles. The largest absolute Gasteiger partial charge is 0.0860 e. The molecule has 0 saturated heterocycles. The lowest BCUT2D eigenvalue weighted by atomic mass is 10.2. The second-order valence-electron chi connectivity index (χ2n) is 4.49. The summed E-state index contributed by atoms with van der Waals surface area (Å²) in [7, 11) is 0. The van der Waals surface area contributed by atoms with Crippen LogP contribution in [0.5, 0.6) is 0 Å². The molecule has 0 amide bonds. The minimum absolute atomic E-state index is 0.526. The third-order valence-electron chi connectivity index (χ3n) is 2.49. The van der Waals surface area contributed by atoms with Crippen LogP contribution in [0.2, 0.25) is 0 Å². The minimum atomic E-state index is 0.526. The van der Waals surface area contributed by atoms with Crippen molar-refractivity contribution in [3.63, 3.8) is 0 Å². The Bertz CT molecular complexity index is 493. The van der Waals surface area contributed by atoms with Crippen LogP contribution in [0.25, 0.3) is 0 Å². The summed E-state index contributed by atoms with van der Waals surface area (Å²) in [5.74, 6) is 6.78. The molecule has 0 N–H and O–H groups in total. The van der Waals surface area contributed by atoms with Gasteiger partial charge in [0, 0.05) is 5.56 Å². The lowest BCUT2D eigenvalue weighted by Crippen LogP contribution is -1.88. The van der Waals surface area contributed by atoms with Gasteiger partial charge in [0.05, 0.1) is 4.91 Å². The van der Waals surface area contributed by atoms with E-state index in [0.29, 0.717) is 5.92 Å². The number of rotatable bonds is 3. The van der Waals surface area contributed by atoms with Crippen molar-refractivity contribution in [3.8, 4) is 11.8 Å². The molecule has 0 unspecified atom stereocenters. The molecule has 0 fully saturated rings. The molecule has 0 atom stereocenters. The molecule has 0 aliphatic carbocycles. The molecule has 18 heavy (non-hydrogen) atoms. The van der Waals surface area contributed by atoms with Crippen LogP contribution in [-0.4, -0.2) is 0 Å². The maximum atomic E-state index is 4.01. The third kappa shape index (κ3) is 4.85. The van der Waals surface area contributed by atoms with Crippen molar-refractivity contribution in [1.82, 2.24) is 0 Å². The Hall–Kier alpha value is -1.39. The predicted octanol–water partition coefficient (Wildman–Crippen LogP) is 5.15. The Kier molecular flexibility index (Phi) is 5.82. The standard InChI is InChI=1S/C17H20S/c1-6-17(13(2)3)18-15(5)9-12-16-10-7-14(4)8-11-16/h6-8,10-11,13H,5H2,1-4H3/b17-6-. The first kappa shape index (κ1) is 14.7. The number of aryl methyl sites for hydroxylation is 1. The van der Waals surface area contributed by atoms with Crippen LogP contribution in [0.3, 0.4) is 0 Å². The fourth-order valence-electron chi connectivity index (χ4n) is 1.46. The summed E-state index contributed by atoms with van der Waals surface area (Å²) in [5, 5.41) is 0. The number of hydrogen-bond acceptors (Lipinski definition) is 1. The van der Waals surface area contributed by atoms with Gasteiger partial charge in [-0.25, -0.2) is 0 Å². The topological polar surface area (TPSA) is 0 Å². The normalized spacial score (nSPS) is 11.1. The smallest absolute Gasteiger partial charge is 0.0550 e. The summed E-state index contributed by atoms with van der Waals surface area (Å²) in [6, 6.07) is 8.23. The van der Waals surface area contributed by atoms with E-state index in [2.05, 4.69) is 64.3 Å². The molecule has 0 bridgehead atoms. The van der Waals surface area contributed by atoms with Gasteiger partial charge in [-0.2, -0.15) is 0 Å². The summed E-state index contributed by atoms with van der Waals surface area (Å²) in [4.78, 5) is 2.22. The van der Waals surface area contributed by atoms with Gasteiger partial charge in [-0.1, -0.05) is 67.8 Å². The Morgan fingerprint density at radius 2 is 1.89 bits per heavy atom. The summed E-state index contributed by atoms with van der Waals surface area (Å²) in [5.41, 5.74) is 2.29. The first-order chi connectivity index (χ1) is 8.52. The SMILES string of the molecule is C=C(C#Cc1ccc(C)cc1)S/C(=C\C)C(C)C. The lowest BCUT2D eigenvalue weighted by Gasteiger charge is -2.08. The van der Waals surface area contributed by atoms with Crippen LogP contribution < -0.4 is 0 Å². The minimum Gasteiger partial charge on any atom is -0.0860 e. The second-order valence-corrected chi connectivity index (χ2v) is 5.66. The molecule has 0 spiro atoms. The van der Waals surface area contributed by atoms with Crippen molar-refractivity contribution in [2.24, 2.45) is 5.92 Å². The molecule has 0 aromatic heterocycles. The third-order valence-corrected chi connectivity index (χ3v) is 3.78. The van der Waals surface area contributed by atoms with Gasteiger partial charge in [0.2, 0.25) is 0 Å². The van der Waals surface area contributed by atoms with Crippen molar-refractivity contribution in [2.45, 2.75) is 27.7 Å². The van der Waals surface area contributed by atoms with Crippen LogP contribution in [-0.2, 0) is 0 Å². The van der Waals surface area contributed by atoms with E-state index in [9.17, 15) is 0 Å². The second kappa shape index (κ2) is 7.13. The summed E-state index contributed by atoms with van der Waals surface area (Å²) >= 11 is 1.67. The van der Waals surface area contributed by atoms with Gasteiger partial charge in [-0.3, -0.25) is 0 Å². The van der Waals surface area contributed by atoms with E-state index in [1.165, 1.54) is 10.5 Å². The van der Waals surface area contributed by atoms with Crippen molar-refractivity contribution >= 4 is 11.8 Å². The average Bonchev–Trinajstić information content (AvgIpc) is 2.35. The van der Waals surface area contributed by atoms with Crippen LogP contribution >= 0.6 is 11.8 Å². The Morgan fingerprint density at radius 3 is 2.39 bits per heavy atom. The highest BCUT2D eigenvalue weighted by Crippen LogP contribution is 2.29. The van der Waals surface area contributed by atoms with E-state index in [-0.39, 0.29) is 0 Å². The zero-order valence-electron chi connectivity index (χ0n) is 11.6. The van der Waals surface area contributed by atoms with E-state index in [4.69, 9.17) is 0 Å². The van der Waals surface area contributed by atoms with Crippen molar-refractivity contribution in [3.05, 3.63) is 57.9 Å². The van der Waals surface area contributed by atoms with Gasteiger partial charge < -0.3 is 0 Å². The molecule has 94 valence electrons. The van der Waals surface area contributed by atoms with Crippen LogP contribution in [0, 0.1) is 24.7 Å². The Labute approximate surface area is 115 Å². The molecule has 0 nitrogen and oxygen atoms in total. The van der Waals surface area contributed by atoms with E-state index in [1.54, 1.807) is 11.8 Å². The van der Waals surface area contributed by atoms with Gasteiger partial charge in [0.1, 0.15) is 0 Å². The fourth-order valence-corrected chi connectivity index (χ4v) is 2.20. The van der Waals surface area contributed by atoms with Crippen molar-refractivity contribution < 1.29 is 0 Å². The van der Waals surface area contributed by atoms with Gasteiger partial charge in [0.25, 0.3) is 0 Å². The monoisotopic (exact) mass is 256 g/mol. The zero-order chi connectivity index (χ0) is 13.5. The quantitative estimate of drug-likeness (QED) is 0.674. The Balaban J connectivity index is 2.69. The van der Waals surface area contributed by atoms with Gasteiger partial charge in [0.15, 0.2) is 0 Å². The van der Waals surface area contributed by atoms with Gasteiger partial charge in [-0.05, 0) is 36.8 Å². The summed E-state index contributed by atoms with van der Waals surface area (Å²) in [6.07, 6.45) is 2.13. The highest BCUT2D eigenvalue weighted by molar-refractivity contribution is 8.07. The van der Waals surface area contributed by atoms with E-state index < -0.39 is 0 Å². The lowest BCUT2D eigenvalue weighted by molar-refractivity contribution is 0.815. The molecule has 0 saturated carbocycles. The molecular formula is C17H20S. The number of allylic oxidation sites excluding steroid dienone is 3. The first-order valence-electron chi connectivity index (χ1n) is 6.14. The highest BCUT2D eigenvalue weighted by Gasteiger charge is 2.03. The van der Waals surface area contributed by atoms with Gasteiger partial charge >= 0.3 is 0 Å². The average molecular weight is 256 g/mol. The van der Waals surface area contributed by atoms with Crippen molar-refractivity contribution in [1.29, 1.82) is 0 Å². The Morgan fingerprint density at radius 1 is 1.28 bits per heavy atom. The molecule has 0 aliphatic heterocycles. The predicted molar refractivity (Wildman–Crippen MR) is 83.4 cm³/mol. The molecule has 1 aromatic rings. The molecule has 1 rings (SSSR count). The fraction of sp³-hybridized carbons (Fsp3) is 0.294. The summed E-state index contributed by atoms with van der Waals surface area (Å²) < 4.78 is 0. The molecule has 0 aliphatic rings. The van der Waals surface area contributed by atoms with Crippen LogP contribution in [0.4, 0.5) is 0 Å². The maximum absolute atomic E-state index is 4.01.